The fourth-order valence-electron chi connectivity index (χ4n) is 3.39. The number of halogens is 1. The third kappa shape index (κ3) is 4.17. The van der Waals surface area contributed by atoms with Crippen molar-refractivity contribution in [3.8, 4) is 0 Å². The highest BCUT2D eigenvalue weighted by molar-refractivity contribution is 5.82. The van der Waals surface area contributed by atoms with Crippen LogP contribution in [0.25, 0.3) is 0 Å². The molecule has 1 aliphatic heterocycles. The third-order valence-corrected chi connectivity index (χ3v) is 4.80. The predicted octanol–water partition coefficient (Wildman–Crippen LogP) is 4.40. The molecule has 0 spiro atoms. The summed E-state index contributed by atoms with van der Waals surface area (Å²) in [7, 11) is 0. The van der Waals surface area contributed by atoms with E-state index in [1.54, 1.807) is 0 Å². The van der Waals surface area contributed by atoms with Gasteiger partial charge in [-0.1, -0.05) is 72.8 Å². The number of hydrogen-bond acceptors (Lipinski definition) is 3. The van der Waals surface area contributed by atoms with Gasteiger partial charge in [0.1, 0.15) is 11.9 Å². The Morgan fingerprint density at radius 2 is 1.44 bits per heavy atom. The predicted molar refractivity (Wildman–Crippen MR) is 107 cm³/mol. The van der Waals surface area contributed by atoms with Gasteiger partial charge in [0.25, 0.3) is 0 Å². The summed E-state index contributed by atoms with van der Waals surface area (Å²) in [5.41, 5.74) is 3.50. The Balaban J connectivity index is 1.47. The zero-order valence-electron chi connectivity index (χ0n) is 15.0. The fourth-order valence-corrected chi connectivity index (χ4v) is 3.39. The Morgan fingerprint density at radius 3 is 2.11 bits per heavy atom. The molecule has 0 bridgehead atoms. The van der Waals surface area contributed by atoms with Gasteiger partial charge in [-0.25, -0.2) is 9.38 Å². The van der Waals surface area contributed by atoms with Crippen molar-refractivity contribution >= 4 is 5.96 Å². The molecule has 27 heavy (non-hydrogen) atoms. The van der Waals surface area contributed by atoms with Gasteiger partial charge in [-0.05, 0) is 35.2 Å². The maximum Gasteiger partial charge on any atom is 0.192 e. The second-order valence-electron chi connectivity index (χ2n) is 6.67. The Hall–Kier alpha value is -3.14. The Bertz CT molecular complexity index is 892. The van der Waals surface area contributed by atoms with E-state index in [1.807, 2.05) is 36.4 Å². The summed E-state index contributed by atoms with van der Waals surface area (Å²) in [4.78, 5) is 4.90. The van der Waals surface area contributed by atoms with E-state index in [0.29, 0.717) is 0 Å². The summed E-state index contributed by atoms with van der Waals surface area (Å²) in [6.07, 6.45) is 0.812. The second kappa shape index (κ2) is 8.04. The molecule has 2 atom stereocenters. The van der Waals surface area contributed by atoms with Gasteiger partial charge >= 0.3 is 0 Å². The fraction of sp³-hybridized carbons (Fsp3) is 0.174. The third-order valence-electron chi connectivity index (χ3n) is 4.80. The summed E-state index contributed by atoms with van der Waals surface area (Å²) in [5.74, 6) is 0.602. The van der Waals surface area contributed by atoms with Gasteiger partial charge in [-0.15, -0.1) is 0 Å². The lowest BCUT2D eigenvalue weighted by Gasteiger charge is -2.19. The molecule has 0 unspecified atom stereocenters. The maximum absolute atomic E-state index is 13.0. The minimum atomic E-state index is -0.204. The zero-order valence-corrected chi connectivity index (χ0v) is 15.0. The highest BCUT2D eigenvalue weighted by Gasteiger charge is 2.30. The first-order valence-corrected chi connectivity index (χ1v) is 9.22. The molecule has 2 N–H and O–H groups in total. The molecule has 0 saturated heterocycles. The van der Waals surface area contributed by atoms with Crippen LogP contribution in [0.4, 0.5) is 4.39 Å². The Morgan fingerprint density at radius 1 is 0.815 bits per heavy atom. The number of aliphatic imine (C=N–C) groups is 1. The van der Waals surface area contributed by atoms with Crippen molar-refractivity contribution in [2.24, 2.45) is 4.99 Å². The molecule has 4 rings (SSSR count). The van der Waals surface area contributed by atoms with Gasteiger partial charge in [-0.2, -0.15) is 0 Å². The van der Waals surface area contributed by atoms with Crippen LogP contribution in [0, 0.1) is 5.82 Å². The van der Waals surface area contributed by atoms with Crippen molar-refractivity contribution in [1.29, 1.82) is 0 Å². The summed E-state index contributed by atoms with van der Waals surface area (Å²) in [5, 5.41) is 6.92. The molecule has 1 heterocycles. The van der Waals surface area contributed by atoms with Crippen LogP contribution in [-0.2, 0) is 6.42 Å². The standard InChI is InChI=1S/C23H22FN3/c24-20-13-11-17(12-14-20)15-16-25-23-26-21(18-7-3-1-4-8-18)22(27-23)19-9-5-2-6-10-19/h1-14,21-22H,15-16H2,(H2,25,26,27)/t21-,22+. The molecular formula is C23H22FN3. The van der Waals surface area contributed by atoms with E-state index in [4.69, 9.17) is 4.99 Å². The largest absolute Gasteiger partial charge is 0.356 e. The summed E-state index contributed by atoms with van der Waals surface area (Å²) in [6.45, 7) is 0.737. The van der Waals surface area contributed by atoms with Crippen LogP contribution in [0.2, 0.25) is 0 Å². The molecule has 136 valence electrons. The van der Waals surface area contributed by atoms with Gasteiger partial charge in [0.2, 0.25) is 0 Å². The minimum Gasteiger partial charge on any atom is -0.356 e. The van der Waals surface area contributed by atoms with E-state index >= 15 is 0 Å². The molecule has 0 radical (unpaired) electrons. The van der Waals surface area contributed by atoms with Crippen molar-refractivity contribution in [3.63, 3.8) is 0 Å². The van der Waals surface area contributed by atoms with Crippen molar-refractivity contribution in [2.45, 2.75) is 18.5 Å². The molecular weight excluding hydrogens is 337 g/mol. The molecule has 0 saturated carbocycles. The summed E-state index contributed by atoms with van der Waals surface area (Å²) >= 11 is 0. The first-order valence-electron chi connectivity index (χ1n) is 9.22. The lowest BCUT2D eigenvalue weighted by molar-refractivity contribution is 0.570. The topological polar surface area (TPSA) is 36.4 Å². The molecule has 0 aliphatic carbocycles. The van der Waals surface area contributed by atoms with Crippen molar-refractivity contribution < 1.29 is 4.39 Å². The monoisotopic (exact) mass is 359 g/mol. The van der Waals surface area contributed by atoms with Crippen LogP contribution >= 0.6 is 0 Å². The Kier molecular flexibility index (Phi) is 5.15. The first kappa shape index (κ1) is 17.3. The van der Waals surface area contributed by atoms with Crippen molar-refractivity contribution in [1.82, 2.24) is 10.6 Å². The second-order valence-corrected chi connectivity index (χ2v) is 6.67. The van der Waals surface area contributed by atoms with Gasteiger partial charge in [0.05, 0.1) is 6.04 Å². The van der Waals surface area contributed by atoms with Crippen LogP contribution in [0.3, 0.4) is 0 Å². The first-order chi connectivity index (χ1) is 13.3. The molecule has 1 aliphatic rings. The van der Waals surface area contributed by atoms with Gasteiger partial charge in [0.15, 0.2) is 5.96 Å². The number of nitrogens with one attached hydrogen (secondary N) is 2. The van der Waals surface area contributed by atoms with Crippen molar-refractivity contribution in [3.05, 3.63) is 107 Å². The number of benzene rings is 3. The normalized spacial score (nSPS) is 18.6. The van der Waals surface area contributed by atoms with E-state index in [-0.39, 0.29) is 17.9 Å². The molecule has 4 heteroatoms. The van der Waals surface area contributed by atoms with Crippen LogP contribution in [-0.4, -0.2) is 12.5 Å². The van der Waals surface area contributed by atoms with E-state index in [9.17, 15) is 4.39 Å². The van der Waals surface area contributed by atoms with E-state index < -0.39 is 0 Å². The van der Waals surface area contributed by atoms with Crippen LogP contribution in [0.15, 0.2) is 89.9 Å². The average molecular weight is 359 g/mol. The van der Waals surface area contributed by atoms with Crippen LogP contribution in [0.1, 0.15) is 28.8 Å². The number of rotatable bonds is 5. The average Bonchev–Trinajstić information content (AvgIpc) is 3.15. The quantitative estimate of drug-likeness (QED) is 0.708. The molecule has 0 amide bonds. The van der Waals surface area contributed by atoms with Crippen LogP contribution in [0.5, 0.6) is 0 Å². The molecule has 3 aromatic rings. The molecule has 3 aromatic carbocycles. The molecule has 3 nitrogen and oxygen atoms in total. The van der Waals surface area contributed by atoms with Gasteiger partial charge in [0, 0.05) is 6.54 Å². The van der Waals surface area contributed by atoms with Gasteiger partial charge < -0.3 is 10.6 Å². The zero-order chi connectivity index (χ0) is 18.5. The maximum atomic E-state index is 13.0. The lowest BCUT2D eigenvalue weighted by atomic mass is 9.95. The number of guanidine groups is 1. The molecule has 0 fully saturated rings. The van der Waals surface area contributed by atoms with E-state index in [2.05, 4.69) is 47.0 Å². The Labute approximate surface area is 159 Å². The summed E-state index contributed by atoms with van der Waals surface area (Å²) < 4.78 is 13.0. The smallest absolute Gasteiger partial charge is 0.192 e. The van der Waals surface area contributed by atoms with Gasteiger partial charge in [-0.3, -0.25) is 0 Å². The highest BCUT2D eigenvalue weighted by atomic mass is 19.1. The number of nitrogens with zero attached hydrogens (tertiary/aromatic N) is 1. The number of hydrogen-bond donors (Lipinski definition) is 2. The highest BCUT2D eigenvalue weighted by Crippen LogP contribution is 2.35. The minimum absolute atomic E-state index is 0.0296. The van der Waals surface area contributed by atoms with Crippen LogP contribution < -0.4 is 10.6 Å². The van der Waals surface area contributed by atoms with E-state index in [0.717, 1.165) is 24.5 Å². The van der Waals surface area contributed by atoms with Crippen molar-refractivity contribution in [2.75, 3.05) is 6.54 Å². The SMILES string of the molecule is Fc1ccc(CCNC2=N[C@@H](c3ccccc3)[C@@H](c3ccccc3)N2)cc1. The summed E-state index contributed by atoms with van der Waals surface area (Å²) in [6, 6.07) is 27.5. The molecule has 0 aromatic heterocycles. The van der Waals surface area contributed by atoms with E-state index in [1.165, 1.54) is 23.3 Å². The lowest BCUT2D eigenvalue weighted by Crippen LogP contribution is -2.36.